The van der Waals surface area contributed by atoms with Crippen LogP contribution in [0.4, 0.5) is 0 Å². The predicted octanol–water partition coefficient (Wildman–Crippen LogP) is -1.27. The van der Waals surface area contributed by atoms with E-state index in [4.69, 9.17) is 46.0 Å². The van der Waals surface area contributed by atoms with E-state index < -0.39 is 69.7 Å². The van der Waals surface area contributed by atoms with Gasteiger partial charge in [-0.05, 0) is 0 Å². The summed E-state index contributed by atoms with van der Waals surface area (Å²) in [6.45, 7) is 4.17. The first kappa shape index (κ1) is 35.3. The molecule has 0 atom stereocenters. The molecule has 0 aliphatic rings. The number of hydrogen-bond donors (Lipinski definition) is 9. The molecule has 10 nitrogen and oxygen atoms in total. The van der Waals surface area contributed by atoms with E-state index in [9.17, 15) is 4.79 Å². The molecule has 0 rings (SSSR count). The molecule has 178 valence electrons. The summed E-state index contributed by atoms with van der Waals surface area (Å²) in [6, 6.07) is 0. The second-order valence-electron chi connectivity index (χ2n) is 6.51. The van der Waals surface area contributed by atoms with Crippen LogP contribution in [0.2, 0.25) is 0 Å². The Morgan fingerprint density at radius 3 is 0.862 bits per heavy atom. The molecule has 10 heteroatoms. The van der Waals surface area contributed by atoms with Crippen molar-refractivity contribution < 1.29 is 50.8 Å². The minimum Gasteiger partial charge on any atom is -0.478 e. The Balaban J connectivity index is -0.000000148. The molecule has 0 aromatic rings. The van der Waals surface area contributed by atoms with Gasteiger partial charge in [0.2, 0.25) is 0 Å². The van der Waals surface area contributed by atoms with E-state index in [1.807, 2.05) is 0 Å². The Morgan fingerprint density at radius 2 is 0.828 bits per heavy atom. The van der Waals surface area contributed by atoms with E-state index in [0.717, 1.165) is 6.08 Å². The lowest BCUT2D eigenvalue weighted by atomic mass is 9.93. The Labute approximate surface area is 173 Å². The van der Waals surface area contributed by atoms with Crippen molar-refractivity contribution in [3.05, 3.63) is 12.7 Å². The zero-order chi connectivity index (χ0) is 23.8. The summed E-state index contributed by atoms with van der Waals surface area (Å²) in [5.74, 6) is -0.981. The van der Waals surface area contributed by atoms with Crippen LogP contribution in [0.1, 0.15) is 39.5 Å². The molecule has 0 bridgehead atoms. The summed E-state index contributed by atoms with van der Waals surface area (Å²) in [5, 5.41) is 75.6. The van der Waals surface area contributed by atoms with Crippen molar-refractivity contribution in [3.63, 3.8) is 0 Å². The van der Waals surface area contributed by atoms with Crippen LogP contribution < -0.4 is 0 Å². The predicted molar refractivity (Wildman–Crippen MR) is 109 cm³/mol. The lowest BCUT2D eigenvalue weighted by molar-refractivity contribution is -0.131. The van der Waals surface area contributed by atoms with Gasteiger partial charge in [-0.15, -0.1) is 0 Å². The van der Waals surface area contributed by atoms with Crippen LogP contribution in [0.5, 0.6) is 0 Å². The van der Waals surface area contributed by atoms with Gasteiger partial charge in [0.25, 0.3) is 0 Å². The molecule has 29 heavy (non-hydrogen) atoms. The minimum atomic E-state index is -1.11. The fourth-order valence-corrected chi connectivity index (χ4v) is 1.10. The van der Waals surface area contributed by atoms with E-state index in [2.05, 4.69) is 20.4 Å². The maximum atomic E-state index is 9.25. The molecule has 0 radical (unpaired) electrons. The highest BCUT2D eigenvalue weighted by Crippen LogP contribution is 2.12. The average Bonchev–Trinajstić information content (AvgIpc) is 2.77. The number of hydrogen-bond acceptors (Lipinski definition) is 9. The Morgan fingerprint density at radius 1 is 0.655 bits per heavy atom. The third kappa shape index (κ3) is 21.4. The third-order valence-electron chi connectivity index (χ3n) is 3.82. The van der Waals surface area contributed by atoms with E-state index in [-0.39, 0.29) is 0 Å². The summed E-state index contributed by atoms with van der Waals surface area (Å²) < 4.78 is 0. The monoisotopic (exact) mass is 430 g/mol. The molecule has 0 amide bonds. The number of rotatable bonds is 12. The van der Waals surface area contributed by atoms with E-state index >= 15 is 0 Å². The molecule has 0 saturated heterocycles. The molecule has 9 N–H and O–H groups in total. The number of carbonyl (C=O) groups is 1. The van der Waals surface area contributed by atoms with Crippen LogP contribution in [0, 0.1) is 10.8 Å². The molecule has 0 aromatic heterocycles. The second-order valence-corrected chi connectivity index (χ2v) is 6.51. The van der Waals surface area contributed by atoms with Crippen LogP contribution in [0.3, 0.4) is 0 Å². The lowest BCUT2D eigenvalue weighted by Gasteiger charge is -2.23. The quantitative estimate of drug-likeness (QED) is 0.133. The summed E-state index contributed by atoms with van der Waals surface area (Å²) in [6.07, 6.45) is 6.37. The van der Waals surface area contributed by atoms with Gasteiger partial charge < -0.3 is 46.0 Å². The van der Waals surface area contributed by atoms with Gasteiger partial charge in [-0.3, -0.25) is 0 Å². The summed E-state index contributed by atoms with van der Waals surface area (Å²) in [7, 11) is 0. The van der Waals surface area contributed by atoms with Crippen molar-refractivity contribution >= 4 is 5.97 Å². The Kier molecular flexibility index (Phi) is 30.4. The van der Waals surface area contributed by atoms with Crippen molar-refractivity contribution in [3.8, 4) is 0 Å². The van der Waals surface area contributed by atoms with E-state index in [1.54, 1.807) is 0 Å². The molecule has 0 saturated carbocycles. The second kappa shape index (κ2) is 24.9. The van der Waals surface area contributed by atoms with Crippen molar-refractivity contribution in [2.75, 3.05) is 52.9 Å². The molecular formula is C19H42O10. The fraction of sp³-hybridized carbons (Fsp3) is 0.842. The molecule has 0 aliphatic carbocycles. The average molecular weight is 431 g/mol. The van der Waals surface area contributed by atoms with Crippen LogP contribution in [-0.4, -0.2) is 105 Å². The van der Waals surface area contributed by atoms with Gasteiger partial charge in [-0.2, -0.15) is 0 Å². The summed E-state index contributed by atoms with van der Waals surface area (Å²) in [4.78, 5) is 9.25. The number of carboxylic acids is 1. The molecule has 0 heterocycles. The number of carboxylic acid groups (broad SMARTS) is 1. The summed E-state index contributed by atoms with van der Waals surface area (Å²) in [5.41, 5.74) is -2.22. The van der Waals surface area contributed by atoms with Crippen molar-refractivity contribution in [2.45, 2.75) is 39.5 Å². The first-order valence-corrected chi connectivity index (χ1v) is 9.40. The first-order valence-electron chi connectivity index (χ1n) is 9.40. The van der Waals surface area contributed by atoms with Crippen LogP contribution >= 0.6 is 0 Å². The van der Waals surface area contributed by atoms with Crippen molar-refractivity contribution in [1.29, 1.82) is 0 Å². The van der Waals surface area contributed by atoms with Crippen molar-refractivity contribution in [2.24, 2.45) is 10.8 Å². The first-order chi connectivity index (χ1) is 13.7. The highest BCUT2D eigenvalue weighted by atomic mass is 16.4. The van der Waals surface area contributed by atoms with E-state index in [0.29, 0.717) is 0 Å². The molecule has 0 aliphatic heterocycles. The van der Waals surface area contributed by atoms with Gasteiger partial charge in [0.1, 0.15) is 0 Å². The zero-order valence-electron chi connectivity index (χ0n) is 17.7. The number of aliphatic carboxylic acids is 1. The Hall–Kier alpha value is -1.11. The normalized spacial score (nSPS) is 10.4. The topological polar surface area (TPSA) is 199 Å². The highest BCUT2D eigenvalue weighted by Gasteiger charge is 2.27. The van der Waals surface area contributed by atoms with Gasteiger partial charge in [-0.25, -0.2) is 4.79 Å². The lowest BCUT2D eigenvalue weighted by Crippen LogP contribution is -2.37. The number of aliphatic hydroxyl groups is 8. The van der Waals surface area contributed by atoms with E-state index in [1.165, 1.54) is 25.7 Å². The standard InChI is InChI=1S/C6H14.2C5H12O4.C3H4O2/c1-3-5-6-4-2;2*6-1-5(2-7,3-8)4-9;1-2-3(4)5/h3-6H2,1-2H3;2*6-9H,1-4H2;2H,1H2,(H,4,5). The SMILES string of the molecule is C=CC(=O)O.CCCCCC.OCC(CO)(CO)CO.OCC(CO)(CO)CO. The van der Waals surface area contributed by atoms with Gasteiger partial charge in [-0.1, -0.05) is 46.1 Å². The van der Waals surface area contributed by atoms with Gasteiger partial charge >= 0.3 is 5.97 Å². The maximum absolute atomic E-state index is 9.25. The molecule has 0 unspecified atom stereocenters. The van der Waals surface area contributed by atoms with Gasteiger partial charge in [0.05, 0.1) is 63.7 Å². The smallest absolute Gasteiger partial charge is 0.327 e. The number of unbranched alkanes of at least 4 members (excludes halogenated alkanes) is 3. The fourth-order valence-electron chi connectivity index (χ4n) is 1.10. The van der Waals surface area contributed by atoms with Crippen LogP contribution in [-0.2, 0) is 4.79 Å². The molecule has 0 spiro atoms. The van der Waals surface area contributed by atoms with Gasteiger partial charge in [0, 0.05) is 6.08 Å². The number of aliphatic hydroxyl groups excluding tert-OH is 8. The zero-order valence-corrected chi connectivity index (χ0v) is 17.7. The van der Waals surface area contributed by atoms with Gasteiger partial charge in [0.15, 0.2) is 0 Å². The molecule has 0 fully saturated rings. The maximum Gasteiger partial charge on any atom is 0.327 e. The third-order valence-corrected chi connectivity index (χ3v) is 3.82. The largest absolute Gasteiger partial charge is 0.478 e. The van der Waals surface area contributed by atoms with Crippen molar-refractivity contribution in [1.82, 2.24) is 0 Å². The highest BCUT2D eigenvalue weighted by molar-refractivity contribution is 5.78. The molecule has 0 aromatic carbocycles. The van der Waals surface area contributed by atoms with Crippen LogP contribution in [0.15, 0.2) is 12.7 Å². The Bertz CT molecular complexity index is 283. The van der Waals surface area contributed by atoms with Crippen LogP contribution in [0.25, 0.3) is 0 Å². The summed E-state index contributed by atoms with van der Waals surface area (Å²) >= 11 is 0. The minimum absolute atomic E-state index is 0.406. The molecular weight excluding hydrogens is 388 g/mol.